The number of hydrogen-bond acceptors (Lipinski definition) is 5. The maximum absolute atomic E-state index is 13.2. The molecule has 0 aliphatic carbocycles. The van der Waals surface area contributed by atoms with E-state index in [1.165, 1.54) is 10.6 Å². The van der Waals surface area contributed by atoms with Gasteiger partial charge in [0.15, 0.2) is 0 Å². The van der Waals surface area contributed by atoms with Crippen molar-refractivity contribution in [2.24, 2.45) is 10.8 Å². The predicted molar refractivity (Wildman–Crippen MR) is 109 cm³/mol. The van der Waals surface area contributed by atoms with Crippen LogP contribution in [0.15, 0.2) is 52.2 Å². The lowest BCUT2D eigenvalue weighted by atomic mass is 10.0. The standard InChI is InChI=1S/C22H26N4O3/c1-15-7-9-16(10-8-15)17-13-19(20-6-4-12-29-20)26(24-17)21(27)14-25-11-3-2-5-18(25)22(23)28/h4,6-10,12,18-19H,2-3,5,11,13-14H2,1H3,(H2,23,28)/t18-,19-/m0/s1. The first-order valence-corrected chi connectivity index (χ1v) is 10.1. The number of hydrazone groups is 1. The molecule has 2 aliphatic heterocycles. The minimum atomic E-state index is -0.391. The Bertz CT molecular complexity index is 905. The molecule has 0 unspecified atom stereocenters. The second-order valence-electron chi connectivity index (χ2n) is 7.77. The lowest BCUT2D eigenvalue weighted by Crippen LogP contribution is -2.51. The number of benzene rings is 1. The molecule has 2 amide bonds. The van der Waals surface area contributed by atoms with Crippen molar-refractivity contribution in [2.45, 2.75) is 44.7 Å². The number of carbonyl (C=O) groups is 2. The average Bonchev–Trinajstić information content (AvgIpc) is 3.38. The molecule has 0 bridgehead atoms. The van der Waals surface area contributed by atoms with Crippen LogP contribution in [0.25, 0.3) is 0 Å². The zero-order valence-electron chi connectivity index (χ0n) is 16.6. The first-order chi connectivity index (χ1) is 14.0. The SMILES string of the molecule is Cc1ccc(C2=NN(C(=O)CN3CCCC[C@H]3C(N)=O)[C@H](c3ccco3)C2)cc1. The molecule has 7 nitrogen and oxygen atoms in total. The van der Waals surface area contributed by atoms with Crippen molar-refractivity contribution in [3.05, 3.63) is 59.5 Å². The van der Waals surface area contributed by atoms with E-state index in [1.807, 2.05) is 48.2 Å². The average molecular weight is 394 g/mol. The molecule has 4 rings (SSSR count). The highest BCUT2D eigenvalue weighted by Gasteiger charge is 2.37. The van der Waals surface area contributed by atoms with Crippen LogP contribution in [0.5, 0.6) is 0 Å². The smallest absolute Gasteiger partial charge is 0.257 e. The van der Waals surface area contributed by atoms with Crippen LogP contribution in [0.4, 0.5) is 0 Å². The van der Waals surface area contributed by atoms with Crippen molar-refractivity contribution in [1.82, 2.24) is 9.91 Å². The van der Waals surface area contributed by atoms with Gasteiger partial charge in [-0.05, 0) is 44.0 Å². The van der Waals surface area contributed by atoms with E-state index in [1.54, 1.807) is 6.26 Å². The molecule has 2 aromatic rings. The third kappa shape index (κ3) is 4.10. The molecule has 152 valence electrons. The Morgan fingerprint density at radius 2 is 2.00 bits per heavy atom. The lowest BCUT2D eigenvalue weighted by molar-refractivity contribution is -0.137. The molecule has 0 spiro atoms. The van der Waals surface area contributed by atoms with Gasteiger partial charge in [0.1, 0.15) is 11.8 Å². The topological polar surface area (TPSA) is 92.1 Å². The summed E-state index contributed by atoms with van der Waals surface area (Å²) in [4.78, 5) is 26.9. The molecule has 1 saturated heterocycles. The van der Waals surface area contributed by atoms with Crippen LogP contribution in [0, 0.1) is 6.92 Å². The number of nitrogens with zero attached hydrogens (tertiary/aromatic N) is 3. The van der Waals surface area contributed by atoms with Crippen LogP contribution in [-0.2, 0) is 9.59 Å². The number of furan rings is 1. The fourth-order valence-corrected chi connectivity index (χ4v) is 4.11. The zero-order chi connectivity index (χ0) is 20.4. The molecule has 2 aliphatic rings. The third-order valence-corrected chi connectivity index (χ3v) is 5.70. The summed E-state index contributed by atoms with van der Waals surface area (Å²) in [6.45, 7) is 2.85. The van der Waals surface area contributed by atoms with Gasteiger partial charge in [-0.1, -0.05) is 36.2 Å². The largest absolute Gasteiger partial charge is 0.467 e. The summed E-state index contributed by atoms with van der Waals surface area (Å²) in [6.07, 6.45) is 4.79. The van der Waals surface area contributed by atoms with Gasteiger partial charge in [0, 0.05) is 6.42 Å². The molecule has 0 saturated carbocycles. The van der Waals surface area contributed by atoms with Gasteiger partial charge in [0.05, 0.1) is 24.6 Å². The van der Waals surface area contributed by atoms with Gasteiger partial charge in [-0.15, -0.1) is 0 Å². The van der Waals surface area contributed by atoms with Crippen LogP contribution >= 0.6 is 0 Å². The fraction of sp³-hybridized carbons (Fsp3) is 0.409. The highest BCUT2D eigenvalue weighted by atomic mass is 16.3. The minimum Gasteiger partial charge on any atom is -0.467 e. The zero-order valence-corrected chi connectivity index (χ0v) is 16.6. The van der Waals surface area contributed by atoms with Gasteiger partial charge in [-0.2, -0.15) is 5.10 Å². The van der Waals surface area contributed by atoms with Crippen LogP contribution in [0.3, 0.4) is 0 Å². The van der Waals surface area contributed by atoms with E-state index in [0.29, 0.717) is 25.1 Å². The molecule has 2 N–H and O–H groups in total. The third-order valence-electron chi connectivity index (χ3n) is 5.70. The monoisotopic (exact) mass is 394 g/mol. The first-order valence-electron chi connectivity index (χ1n) is 10.1. The van der Waals surface area contributed by atoms with Crippen molar-refractivity contribution in [3.8, 4) is 0 Å². The summed E-state index contributed by atoms with van der Waals surface area (Å²) < 4.78 is 5.60. The minimum absolute atomic E-state index is 0.121. The summed E-state index contributed by atoms with van der Waals surface area (Å²) in [5.41, 5.74) is 8.57. The number of aryl methyl sites for hydroxylation is 1. The Morgan fingerprint density at radius 1 is 1.21 bits per heavy atom. The van der Waals surface area contributed by atoms with Gasteiger partial charge < -0.3 is 10.2 Å². The number of rotatable bonds is 5. The van der Waals surface area contributed by atoms with E-state index in [-0.39, 0.29) is 24.4 Å². The van der Waals surface area contributed by atoms with E-state index >= 15 is 0 Å². The number of piperidine rings is 1. The van der Waals surface area contributed by atoms with Gasteiger partial charge in [0.25, 0.3) is 5.91 Å². The summed E-state index contributed by atoms with van der Waals surface area (Å²) in [5, 5.41) is 6.17. The molecule has 2 atom stereocenters. The van der Waals surface area contributed by atoms with E-state index < -0.39 is 6.04 Å². The quantitative estimate of drug-likeness (QED) is 0.844. The first kappa shape index (κ1) is 19.4. The maximum Gasteiger partial charge on any atom is 0.257 e. The number of likely N-dealkylation sites (tertiary alicyclic amines) is 1. The lowest BCUT2D eigenvalue weighted by Gasteiger charge is -2.34. The van der Waals surface area contributed by atoms with Crippen LogP contribution < -0.4 is 5.73 Å². The predicted octanol–water partition coefficient (Wildman–Crippen LogP) is 2.61. The molecule has 3 heterocycles. The van der Waals surface area contributed by atoms with E-state index in [2.05, 4.69) is 5.10 Å². The second kappa shape index (κ2) is 8.21. The number of hydrogen-bond donors (Lipinski definition) is 1. The van der Waals surface area contributed by atoms with Gasteiger partial charge in [-0.25, -0.2) is 5.01 Å². The molecule has 1 aromatic heterocycles. The van der Waals surface area contributed by atoms with Gasteiger partial charge in [0.2, 0.25) is 5.91 Å². The number of nitrogens with two attached hydrogens (primary N) is 1. The molecular weight excluding hydrogens is 368 g/mol. The van der Waals surface area contributed by atoms with Crippen LogP contribution in [0.2, 0.25) is 0 Å². The highest BCUT2D eigenvalue weighted by molar-refractivity contribution is 6.03. The molecule has 1 aromatic carbocycles. The van der Waals surface area contributed by atoms with Crippen LogP contribution in [-0.4, -0.2) is 46.6 Å². The van der Waals surface area contributed by atoms with Crippen LogP contribution in [0.1, 0.15) is 48.6 Å². The summed E-state index contributed by atoms with van der Waals surface area (Å²) >= 11 is 0. The van der Waals surface area contributed by atoms with E-state index in [0.717, 1.165) is 24.1 Å². The van der Waals surface area contributed by atoms with Crippen molar-refractivity contribution in [2.75, 3.05) is 13.1 Å². The maximum atomic E-state index is 13.2. The molecular formula is C22H26N4O3. The van der Waals surface area contributed by atoms with Crippen molar-refractivity contribution < 1.29 is 14.0 Å². The Morgan fingerprint density at radius 3 is 2.69 bits per heavy atom. The Hall–Kier alpha value is -2.93. The summed E-state index contributed by atoms with van der Waals surface area (Å²) in [7, 11) is 0. The highest BCUT2D eigenvalue weighted by Crippen LogP contribution is 2.33. The summed E-state index contributed by atoms with van der Waals surface area (Å²) in [5.74, 6) is 0.182. The van der Waals surface area contributed by atoms with Crippen molar-refractivity contribution in [1.29, 1.82) is 0 Å². The van der Waals surface area contributed by atoms with Crippen molar-refractivity contribution in [3.63, 3.8) is 0 Å². The van der Waals surface area contributed by atoms with Crippen molar-refractivity contribution >= 4 is 17.5 Å². The normalized spacial score (nSPS) is 22.5. The summed E-state index contributed by atoms with van der Waals surface area (Å²) in [6, 6.07) is 11.1. The van der Waals surface area contributed by atoms with Gasteiger partial charge in [-0.3, -0.25) is 14.5 Å². The number of carbonyl (C=O) groups excluding carboxylic acids is 2. The van der Waals surface area contributed by atoms with E-state index in [4.69, 9.17) is 10.2 Å². The molecule has 0 radical (unpaired) electrons. The van der Waals surface area contributed by atoms with E-state index in [9.17, 15) is 9.59 Å². The molecule has 29 heavy (non-hydrogen) atoms. The Kier molecular flexibility index (Phi) is 5.49. The Labute approximate surface area is 170 Å². The Balaban J connectivity index is 1.58. The number of primary amides is 1. The molecule has 7 heteroatoms. The van der Waals surface area contributed by atoms with Gasteiger partial charge >= 0.3 is 0 Å². The fourth-order valence-electron chi connectivity index (χ4n) is 4.11. The second-order valence-corrected chi connectivity index (χ2v) is 7.77. The number of amides is 2. The molecule has 1 fully saturated rings.